The number of amides is 1. The number of piperazine rings is 1. The van der Waals surface area contributed by atoms with Crippen LogP contribution in [0, 0.1) is 5.82 Å². The fourth-order valence-electron chi connectivity index (χ4n) is 4.63. The van der Waals surface area contributed by atoms with Gasteiger partial charge in [0.2, 0.25) is 5.91 Å². The molecule has 2 aliphatic heterocycles. The summed E-state index contributed by atoms with van der Waals surface area (Å²) < 4.78 is 13.2. The molecule has 0 atom stereocenters. The normalized spacial score (nSPS) is 17.3. The average molecular weight is 425 g/mol. The molecule has 0 N–H and O–H groups in total. The van der Waals surface area contributed by atoms with E-state index in [0.717, 1.165) is 38.4 Å². The van der Waals surface area contributed by atoms with Crippen LogP contribution in [0.1, 0.15) is 24.8 Å². The molecular formula is C25H33FN4O. The van der Waals surface area contributed by atoms with Gasteiger partial charge in [0, 0.05) is 57.2 Å². The van der Waals surface area contributed by atoms with Gasteiger partial charge in [-0.15, -0.1) is 0 Å². The molecule has 31 heavy (non-hydrogen) atoms. The Morgan fingerprint density at radius 3 is 2.26 bits per heavy atom. The standard InChI is InChI=1S/C25H33FN4O/c1-27(19-21-7-3-4-8-24(21)29-13-5-2-6-14-29)20-25(31)30-17-15-28(16-18-30)23-11-9-22(26)10-12-23/h3-4,7-12H,2,5-6,13-20H2,1H3. The quantitative estimate of drug-likeness (QED) is 0.709. The smallest absolute Gasteiger partial charge is 0.236 e. The molecule has 0 spiro atoms. The topological polar surface area (TPSA) is 30.0 Å². The van der Waals surface area contributed by atoms with Crippen LogP contribution in [0.25, 0.3) is 0 Å². The summed E-state index contributed by atoms with van der Waals surface area (Å²) in [5.41, 5.74) is 3.62. The molecule has 0 bridgehead atoms. The summed E-state index contributed by atoms with van der Waals surface area (Å²) in [5.74, 6) is -0.0424. The van der Waals surface area contributed by atoms with Gasteiger partial charge >= 0.3 is 0 Å². The monoisotopic (exact) mass is 424 g/mol. The molecule has 0 radical (unpaired) electrons. The first-order valence-corrected chi connectivity index (χ1v) is 11.4. The van der Waals surface area contributed by atoms with Crippen molar-refractivity contribution >= 4 is 17.3 Å². The van der Waals surface area contributed by atoms with Crippen molar-refractivity contribution in [2.24, 2.45) is 0 Å². The predicted octanol–water partition coefficient (Wildman–Crippen LogP) is 3.60. The molecular weight excluding hydrogens is 391 g/mol. The lowest BCUT2D eigenvalue weighted by Crippen LogP contribution is -2.51. The Hall–Kier alpha value is -2.60. The van der Waals surface area contributed by atoms with Gasteiger partial charge in [0.15, 0.2) is 0 Å². The van der Waals surface area contributed by atoms with E-state index in [4.69, 9.17) is 0 Å². The van der Waals surface area contributed by atoms with Crippen molar-refractivity contribution < 1.29 is 9.18 Å². The molecule has 2 aromatic rings. The Balaban J connectivity index is 1.29. The molecule has 1 amide bonds. The zero-order valence-electron chi connectivity index (χ0n) is 18.5. The summed E-state index contributed by atoms with van der Waals surface area (Å²) in [6.45, 7) is 6.40. The summed E-state index contributed by atoms with van der Waals surface area (Å²) in [5, 5.41) is 0. The van der Waals surface area contributed by atoms with Crippen molar-refractivity contribution in [1.82, 2.24) is 9.80 Å². The fourth-order valence-corrected chi connectivity index (χ4v) is 4.63. The highest BCUT2D eigenvalue weighted by Gasteiger charge is 2.23. The van der Waals surface area contributed by atoms with Gasteiger partial charge in [0.25, 0.3) is 0 Å². The second kappa shape index (κ2) is 10.1. The van der Waals surface area contributed by atoms with E-state index in [9.17, 15) is 9.18 Å². The van der Waals surface area contributed by atoms with Crippen LogP contribution in [0.15, 0.2) is 48.5 Å². The highest BCUT2D eigenvalue weighted by molar-refractivity contribution is 5.78. The molecule has 4 rings (SSSR count). The van der Waals surface area contributed by atoms with Gasteiger partial charge in [-0.2, -0.15) is 0 Å². The zero-order chi connectivity index (χ0) is 21.6. The number of halogens is 1. The van der Waals surface area contributed by atoms with E-state index in [0.29, 0.717) is 19.6 Å². The molecule has 166 valence electrons. The van der Waals surface area contributed by atoms with E-state index in [2.05, 4.69) is 39.0 Å². The van der Waals surface area contributed by atoms with Crippen LogP contribution in [0.5, 0.6) is 0 Å². The molecule has 2 saturated heterocycles. The van der Waals surface area contributed by atoms with Crippen molar-refractivity contribution in [1.29, 1.82) is 0 Å². The Morgan fingerprint density at radius 2 is 1.55 bits per heavy atom. The number of hydrogen-bond acceptors (Lipinski definition) is 4. The first-order valence-electron chi connectivity index (χ1n) is 11.4. The van der Waals surface area contributed by atoms with Crippen LogP contribution in [0.4, 0.5) is 15.8 Å². The summed E-state index contributed by atoms with van der Waals surface area (Å²) in [6, 6.07) is 15.2. The minimum atomic E-state index is -0.220. The number of nitrogens with zero attached hydrogens (tertiary/aromatic N) is 4. The first kappa shape index (κ1) is 21.6. The summed E-state index contributed by atoms with van der Waals surface area (Å²) in [4.78, 5) is 21.7. The summed E-state index contributed by atoms with van der Waals surface area (Å²) >= 11 is 0. The summed E-state index contributed by atoms with van der Waals surface area (Å²) in [6.07, 6.45) is 3.83. The first-order chi connectivity index (χ1) is 15.1. The van der Waals surface area contributed by atoms with Gasteiger partial charge in [-0.1, -0.05) is 18.2 Å². The summed E-state index contributed by atoms with van der Waals surface area (Å²) in [7, 11) is 2.03. The molecule has 0 unspecified atom stereocenters. The van der Waals surface area contributed by atoms with E-state index in [1.54, 1.807) is 12.1 Å². The van der Waals surface area contributed by atoms with Gasteiger partial charge < -0.3 is 14.7 Å². The largest absolute Gasteiger partial charge is 0.371 e. The lowest BCUT2D eigenvalue weighted by Gasteiger charge is -2.37. The van der Waals surface area contributed by atoms with Crippen LogP contribution >= 0.6 is 0 Å². The number of carbonyl (C=O) groups excluding carboxylic acids is 1. The number of carbonyl (C=O) groups is 1. The van der Waals surface area contributed by atoms with Crippen LogP contribution < -0.4 is 9.80 Å². The SMILES string of the molecule is CN(CC(=O)N1CCN(c2ccc(F)cc2)CC1)Cc1ccccc1N1CCCCC1. The molecule has 0 aromatic heterocycles. The second-order valence-corrected chi connectivity index (χ2v) is 8.69. The maximum absolute atomic E-state index is 13.2. The van der Waals surface area contributed by atoms with Crippen LogP contribution in [0.3, 0.4) is 0 Å². The van der Waals surface area contributed by atoms with Gasteiger partial charge in [-0.25, -0.2) is 4.39 Å². The Morgan fingerprint density at radius 1 is 0.871 bits per heavy atom. The molecule has 2 heterocycles. The third-order valence-corrected chi connectivity index (χ3v) is 6.36. The average Bonchev–Trinajstić information content (AvgIpc) is 2.80. The Bertz CT molecular complexity index is 858. The van der Waals surface area contributed by atoms with E-state index >= 15 is 0 Å². The number of benzene rings is 2. The van der Waals surface area contributed by atoms with E-state index in [1.165, 1.54) is 42.6 Å². The van der Waals surface area contributed by atoms with Crippen molar-refractivity contribution in [3.63, 3.8) is 0 Å². The van der Waals surface area contributed by atoms with Crippen LogP contribution in [-0.2, 0) is 11.3 Å². The van der Waals surface area contributed by atoms with Gasteiger partial charge in [-0.05, 0) is 62.2 Å². The van der Waals surface area contributed by atoms with Gasteiger partial charge in [0.05, 0.1) is 6.54 Å². The number of likely N-dealkylation sites (N-methyl/N-ethyl adjacent to an activating group) is 1. The molecule has 2 aromatic carbocycles. The molecule has 0 saturated carbocycles. The third-order valence-electron chi connectivity index (χ3n) is 6.36. The lowest BCUT2D eigenvalue weighted by molar-refractivity contribution is -0.132. The maximum atomic E-state index is 13.2. The predicted molar refractivity (Wildman–Crippen MR) is 124 cm³/mol. The highest BCUT2D eigenvalue weighted by Crippen LogP contribution is 2.25. The van der Waals surface area contributed by atoms with Gasteiger partial charge in [-0.3, -0.25) is 9.69 Å². The van der Waals surface area contributed by atoms with E-state index in [-0.39, 0.29) is 11.7 Å². The van der Waals surface area contributed by atoms with Crippen molar-refractivity contribution in [2.45, 2.75) is 25.8 Å². The Kier molecular flexibility index (Phi) is 7.07. The fraction of sp³-hybridized carbons (Fsp3) is 0.480. The van der Waals surface area contributed by atoms with Crippen LogP contribution in [-0.4, -0.2) is 68.6 Å². The zero-order valence-corrected chi connectivity index (χ0v) is 18.5. The lowest BCUT2D eigenvalue weighted by atomic mass is 10.1. The van der Waals surface area contributed by atoms with E-state index < -0.39 is 0 Å². The number of rotatable bonds is 6. The number of piperidine rings is 1. The minimum Gasteiger partial charge on any atom is -0.371 e. The third kappa shape index (κ3) is 5.56. The minimum absolute atomic E-state index is 0.178. The molecule has 2 fully saturated rings. The number of hydrogen-bond donors (Lipinski definition) is 0. The maximum Gasteiger partial charge on any atom is 0.236 e. The number of para-hydroxylation sites is 1. The van der Waals surface area contributed by atoms with Gasteiger partial charge in [0.1, 0.15) is 5.82 Å². The molecule has 0 aliphatic carbocycles. The number of anilines is 2. The molecule has 6 heteroatoms. The van der Waals surface area contributed by atoms with Crippen molar-refractivity contribution in [3.05, 3.63) is 59.9 Å². The Labute approximate surface area is 185 Å². The molecule has 5 nitrogen and oxygen atoms in total. The molecule has 2 aliphatic rings. The van der Waals surface area contributed by atoms with Crippen molar-refractivity contribution in [2.75, 3.05) is 62.7 Å². The second-order valence-electron chi connectivity index (χ2n) is 8.69. The van der Waals surface area contributed by atoms with Crippen molar-refractivity contribution in [3.8, 4) is 0 Å². The van der Waals surface area contributed by atoms with E-state index in [1.807, 2.05) is 11.9 Å². The van der Waals surface area contributed by atoms with Crippen LogP contribution in [0.2, 0.25) is 0 Å². The highest BCUT2D eigenvalue weighted by atomic mass is 19.1.